The lowest BCUT2D eigenvalue weighted by atomic mass is 9.67. The number of fused-ring (bicyclic) bond motifs is 10. The first kappa shape index (κ1) is 34.6. The van der Waals surface area contributed by atoms with E-state index >= 15 is 0 Å². The van der Waals surface area contributed by atoms with Crippen LogP contribution in [0.25, 0.3) is 78.4 Å². The predicted molar refractivity (Wildman–Crippen MR) is 244 cm³/mol. The second-order valence-corrected chi connectivity index (χ2v) is 16.4. The van der Waals surface area contributed by atoms with Crippen LogP contribution in [0, 0.1) is 0 Å². The Labute approximate surface area is 352 Å². The molecule has 0 N–H and O–H groups in total. The fourth-order valence-corrected chi connectivity index (χ4v) is 10.5. The molecule has 3 heterocycles. The maximum absolute atomic E-state index is 4.99. The molecule has 0 atom stereocenters. The summed E-state index contributed by atoms with van der Waals surface area (Å²) in [6.45, 7) is 0. The van der Waals surface area contributed by atoms with Crippen molar-refractivity contribution >= 4 is 22.7 Å². The standard InChI is InChI=1S/C55H34N4S/c1-3-13-37(14-4-1)52-57-53(38-15-5-2-6-16-38)59-54(58-52)39-26-24-35(25-27-39)40-28-30-43-44-31-29-41(42-19-11-17-36-18-12-32-56-51(36)42)34-48(44)55(47(43)33-40)45-20-7-9-22-49(45)60-50-23-10-8-21-46(50)55/h1-34H. The van der Waals surface area contributed by atoms with Gasteiger partial charge in [0.1, 0.15) is 0 Å². The Morgan fingerprint density at radius 3 is 1.43 bits per heavy atom. The summed E-state index contributed by atoms with van der Waals surface area (Å²) >= 11 is 1.87. The Balaban J connectivity index is 1.02. The van der Waals surface area contributed by atoms with Gasteiger partial charge in [-0.05, 0) is 80.4 Å². The molecule has 0 fully saturated rings. The monoisotopic (exact) mass is 782 g/mol. The van der Waals surface area contributed by atoms with Crippen LogP contribution >= 0.6 is 11.8 Å². The second kappa shape index (κ2) is 13.8. The molecular formula is C55H34N4S. The highest BCUT2D eigenvalue weighted by molar-refractivity contribution is 7.99. The maximum Gasteiger partial charge on any atom is 0.164 e. The SMILES string of the molecule is c1ccc(-c2nc(-c3ccccc3)nc(-c3ccc(-c4ccc5c(c4)C4(c6ccccc6Sc6ccccc64)c4cc(-c6cccc7cccnc67)ccc4-5)cc3)n2)cc1. The molecule has 0 radical (unpaired) electrons. The molecule has 2 aromatic heterocycles. The van der Waals surface area contributed by atoms with Crippen LogP contribution in [-0.2, 0) is 5.41 Å². The molecule has 10 aromatic rings. The van der Waals surface area contributed by atoms with Crippen molar-refractivity contribution in [1.82, 2.24) is 19.9 Å². The van der Waals surface area contributed by atoms with Gasteiger partial charge in [-0.2, -0.15) is 0 Å². The van der Waals surface area contributed by atoms with Crippen LogP contribution in [0.2, 0.25) is 0 Å². The van der Waals surface area contributed by atoms with E-state index in [1.807, 2.05) is 84.7 Å². The molecule has 4 nitrogen and oxygen atoms in total. The van der Waals surface area contributed by atoms with Gasteiger partial charge in [-0.1, -0.05) is 182 Å². The molecular weight excluding hydrogens is 749 g/mol. The number of benzene rings is 8. The van der Waals surface area contributed by atoms with Gasteiger partial charge in [-0.15, -0.1) is 0 Å². The number of pyridine rings is 1. The molecule has 1 aliphatic carbocycles. The summed E-state index contributed by atoms with van der Waals surface area (Å²) in [6.07, 6.45) is 1.89. The molecule has 1 aliphatic heterocycles. The summed E-state index contributed by atoms with van der Waals surface area (Å²) in [5.41, 5.74) is 15.7. The molecule has 0 saturated heterocycles. The van der Waals surface area contributed by atoms with Gasteiger partial charge < -0.3 is 0 Å². The first-order chi connectivity index (χ1) is 29.7. The molecule has 60 heavy (non-hydrogen) atoms. The summed E-state index contributed by atoms with van der Waals surface area (Å²) < 4.78 is 0. The highest BCUT2D eigenvalue weighted by Gasteiger charge is 2.50. The normalized spacial score (nSPS) is 13.1. The predicted octanol–water partition coefficient (Wildman–Crippen LogP) is 13.6. The molecule has 280 valence electrons. The number of rotatable bonds is 5. The summed E-state index contributed by atoms with van der Waals surface area (Å²) in [6, 6.07) is 71.6. The number of hydrogen-bond acceptors (Lipinski definition) is 5. The minimum atomic E-state index is -0.528. The third kappa shape index (κ3) is 5.40. The van der Waals surface area contributed by atoms with Crippen molar-refractivity contribution in [2.45, 2.75) is 15.2 Å². The molecule has 0 amide bonds. The van der Waals surface area contributed by atoms with E-state index in [-0.39, 0.29) is 0 Å². The van der Waals surface area contributed by atoms with Crippen molar-refractivity contribution in [3.8, 4) is 67.5 Å². The second-order valence-electron chi connectivity index (χ2n) is 15.4. The number of nitrogens with zero attached hydrogens (tertiary/aromatic N) is 4. The Kier molecular flexibility index (Phi) is 7.97. The number of aromatic nitrogens is 4. The van der Waals surface area contributed by atoms with E-state index in [9.17, 15) is 0 Å². The molecule has 1 spiro atoms. The van der Waals surface area contributed by atoms with Crippen molar-refractivity contribution in [3.05, 3.63) is 229 Å². The third-order valence-corrected chi connectivity index (χ3v) is 13.2. The summed E-state index contributed by atoms with van der Waals surface area (Å²) in [5.74, 6) is 1.94. The average molecular weight is 783 g/mol. The first-order valence-corrected chi connectivity index (χ1v) is 21.0. The molecule has 5 heteroatoms. The van der Waals surface area contributed by atoms with Gasteiger partial charge in [0.05, 0.1) is 10.9 Å². The minimum absolute atomic E-state index is 0.528. The molecule has 0 saturated carbocycles. The van der Waals surface area contributed by atoms with E-state index in [4.69, 9.17) is 19.9 Å². The number of hydrogen-bond donors (Lipinski definition) is 0. The highest BCUT2D eigenvalue weighted by atomic mass is 32.2. The van der Waals surface area contributed by atoms with Gasteiger partial charge in [0.2, 0.25) is 0 Å². The first-order valence-electron chi connectivity index (χ1n) is 20.2. The van der Waals surface area contributed by atoms with Crippen molar-refractivity contribution < 1.29 is 0 Å². The van der Waals surface area contributed by atoms with Crippen LogP contribution in [0.4, 0.5) is 0 Å². The van der Waals surface area contributed by atoms with Crippen LogP contribution in [-0.4, -0.2) is 19.9 Å². The Hall–Kier alpha value is -7.47. The Morgan fingerprint density at radius 1 is 0.333 bits per heavy atom. The lowest BCUT2D eigenvalue weighted by Crippen LogP contribution is -2.32. The van der Waals surface area contributed by atoms with Crippen molar-refractivity contribution in [1.29, 1.82) is 0 Å². The largest absolute Gasteiger partial charge is 0.256 e. The van der Waals surface area contributed by atoms with Crippen molar-refractivity contribution in [2.24, 2.45) is 0 Å². The Bertz CT molecular complexity index is 3180. The van der Waals surface area contributed by atoms with Crippen LogP contribution in [0.3, 0.4) is 0 Å². The van der Waals surface area contributed by atoms with Crippen molar-refractivity contribution in [2.75, 3.05) is 0 Å². The fourth-order valence-electron chi connectivity index (χ4n) is 9.33. The van der Waals surface area contributed by atoms with Gasteiger partial charge >= 0.3 is 0 Å². The fraction of sp³-hybridized carbons (Fsp3) is 0.0182. The van der Waals surface area contributed by atoms with E-state index in [0.29, 0.717) is 17.5 Å². The lowest BCUT2D eigenvalue weighted by molar-refractivity contribution is 0.723. The lowest BCUT2D eigenvalue weighted by Gasteiger charge is -2.40. The quantitative estimate of drug-likeness (QED) is 0.174. The molecule has 8 aromatic carbocycles. The molecule has 12 rings (SSSR count). The topological polar surface area (TPSA) is 51.6 Å². The molecule has 0 bridgehead atoms. The zero-order chi connectivity index (χ0) is 39.6. The van der Waals surface area contributed by atoms with Crippen LogP contribution in [0.15, 0.2) is 216 Å². The van der Waals surface area contributed by atoms with E-state index in [2.05, 4.69) is 133 Å². The minimum Gasteiger partial charge on any atom is -0.256 e. The third-order valence-electron chi connectivity index (χ3n) is 12.1. The van der Waals surface area contributed by atoms with Gasteiger partial charge in [0, 0.05) is 43.6 Å². The van der Waals surface area contributed by atoms with Gasteiger partial charge in [-0.25, -0.2) is 15.0 Å². The molecule has 2 aliphatic rings. The zero-order valence-corrected chi connectivity index (χ0v) is 33.1. The summed E-state index contributed by atoms with van der Waals surface area (Å²) in [4.78, 5) is 22.3. The van der Waals surface area contributed by atoms with Crippen LogP contribution < -0.4 is 0 Å². The number of para-hydroxylation sites is 1. The average Bonchev–Trinajstić information content (AvgIpc) is 3.61. The van der Waals surface area contributed by atoms with Crippen LogP contribution in [0.5, 0.6) is 0 Å². The van der Waals surface area contributed by atoms with E-state index in [1.54, 1.807) is 0 Å². The molecule has 0 unspecified atom stereocenters. The summed E-state index contributed by atoms with van der Waals surface area (Å²) in [5, 5.41) is 1.14. The van der Waals surface area contributed by atoms with Gasteiger partial charge in [0.25, 0.3) is 0 Å². The maximum atomic E-state index is 4.99. The van der Waals surface area contributed by atoms with Gasteiger partial charge in [0.15, 0.2) is 17.5 Å². The van der Waals surface area contributed by atoms with E-state index < -0.39 is 5.41 Å². The van der Waals surface area contributed by atoms with Gasteiger partial charge in [-0.3, -0.25) is 4.98 Å². The zero-order valence-electron chi connectivity index (χ0n) is 32.3. The Morgan fingerprint density at radius 2 is 0.817 bits per heavy atom. The smallest absolute Gasteiger partial charge is 0.164 e. The van der Waals surface area contributed by atoms with E-state index in [0.717, 1.165) is 44.3 Å². The summed E-state index contributed by atoms with van der Waals surface area (Å²) in [7, 11) is 0. The van der Waals surface area contributed by atoms with E-state index in [1.165, 1.54) is 48.7 Å². The van der Waals surface area contributed by atoms with Crippen LogP contribution in [0.1, 0.15) is 22.3 Å². The highest BCUT2D eigenvalue weighted by Crippen LogP contribution is 2.63. The van der Waals surface area contributed by atoms with Crippen molar-refractivity contribution in [3.63, 3.8) is 0 Å².